The Morgan fingerprint density at radius 2 is 2.22 bits per heavy atom. The average molecular weight is 352 g/mol. The van der Waals surface area contributed by atoms with Gasteiger partial charge in [0, 0.05) is 16.1 Å². The molecule has 5 heteroatoms. The Morgan fingerprint density at radius 3 is 2.91 bits per heavy atom. The molecule has 1 N–H and O–H groups in total. The van der Waals surface area contributed by atoms with E-state index >= 15 is 0 Å². The molecule has 2 aliphatic carbocycles. The first-order valence-electron chi connectivity index (χ1n) is 8.21. The summed E-state index contributed by atoms with van der Waals surface area (Å²) >= 11 is 7.60. The van der Waals surface area contributed by atoms with Crippen molar-refractivity contribution in [2.75, 3.05) is 0 Å². The van der Waals surface area contributed by atoms with Crippen molar-refractivity contribution >= 4 is 38.9 Å². The van der Waals surface area contributed by atoms with Crippen molar-refractivity contribution in [1.29, 1.82) is 0 Å². The van der Waals surface area contributed by atoms with Crippen LogP contribution in [0, 0.1) is 23.6 Å². The van der Waals surface area contributed by atoms with Gasteiger partial charge in [-0.3, -0.25) is 4.79 Å². The first-order chi connectivity index (χ1) is 11.0. The second-order valence-electron chi connectivity index (χ2n) is 6.99. The molecule has 0 aliphatic heterocycles. The fourth-order valence-electron chi connectivity index (χ4n) is 4.47. The van der Waals surface area contributed by atoms with Crippen LogP contribution >= 0.6 is 22.9 Å². The zero-order chi connectivity index (χ0) is 16.1. The molecule has 2 aromatic rings. The van der Waals surface area contributed by atoms with E-state index in [1.807, 2.05) is 0 Å². The number of amides is 1. The molecule has 2 fully saturated rings. The highest BCUT2D eigenvalue weighted by Gasteiger charge is 2.42. The minimum atomic E-state index is -0.308. The van der Waals surface area contributed by atoms with Crippen LogP contribution in [-0.4, -0.2) is 11.9 Å². The van der Waals surface area contributed by atoms with E-state index in [-0.39, 0.29) is 17.8 Å². The van der Waals surface area contributed by atoms with Crippen molar-refractivity contribution in [2.45, 2.75) is 38.6 Å². The third-order valence-electron chi connectivity index (χ3n) is 5.59. The summed E-state index contributed by atoms with van der Waals surface area (Å²) in [4.78, 5) is 13.1. The van der Waals surface area contributed by atoms with Crippen LogP contribution in [0.3, 0.4) is 0 Å². The number of nitrogens with one attached hydrogen (secondary N) is 1. The lowest BCUT2D eigenvalue weighted by Gasteiger charge is -2.28. The Bertz CT molecular complexity index is 774. The van der Waals surface area contributed by atoms with Gasteiger partial charge in [0.2, 0.25) is 0 Å². The number of carbonyl (C=O) groups excluding carboxylic acids is 1. The fourth-order valence-corrected chi connectivity index (χ4v) is 5.92. The number of hydrogen-bond donors (Lipinski definition) is 1. The molecule has 4 atom stereocenters. The molecule has 0 saturated heterocycles. The van der Waals surface area contributed by atoms with Gasteiger partial charge in [-0.25, -0.2) is 4.39 Å². The summed E-state index contributed by atoms with van der Waals surface area (Å²) in [5.74, 6) is 1.77. The molecule has 0 unspecified atom stereocenters. The molecule has 1 amide bonds. The van der Waals surface area contributed by atoms with Crippen molar-refractivity contribution in [3.05, 3.63) is 33.9 Å². The minimum Gasteiger partial charge on any atom is -0.349 e. The van der Waals surface area contributed by atoms with Gasteiger partial charge in [-0.05, 0) is 62.1 Å². The Balaban J connectivity index is 1.54. The van der Waals surface area contributed by atoms with E-state index in [0.29, 0.717) is 20.5 Å². The maximum Gasteiger partial charge on any atom is 0.263 e. The lowest BCUT2D eigenvalue weighted by molar-refractivity contribution is 0.0919. The lowest BCUT2D eigenvalue weighted by Crippen LogP contribution is -2.39. The van der Waals surface area contributed by atoms with E-state index in [2.05, 4.69) is 12.2 Å². The van der Waals surface area contributed by atoms with E-state index in [9.17, 15) is 9.18 Å². The van der Waals surface area contributed by atoms with Crippen LogP contribution in [-0.2, 0) is 0 Å². The first-order valence-corrected chi connectivity index (χ1v) is 9.41. The summed E-state index contributed by atoms with van der Waals surface area (Å²) in [6.07, 6.45) is 5.22. The number of rotatable bonds is 3. The van der Waals surface area contributed by atoms with Crippen molar-refractivity contribution in [1.82, 2.24) is 5.32 Å². The summed E-state index contributed by atoms with van der Waals surface area (Å²) in [7, 11) is 0. The zero-order valence-electron chi connectivity index (χ0n) is 12.9. The monoisotopic (exact) mass is 351 g/mol. The van der Waals surface area contributed by atoms with Crippen LogP contribution in [0.4, 0.5) is 4.39 Å². The van der Waals surface area contributed by atoms with Crippen LogP contribution in [0.25, 0.3) is 10.1 Å². The highest BCUT2D eigenvalue weighted by molar-refractivity contribution is 7.21. The first kappa shape index (κ1) is 15.4. The smallest absolute Gasteiger partial charge is 0.263 e. The van der Waals surface area contributed by atoms with E-state index in [1.165, 1.54) is 49.2 Å². The van der Waals surface area contributed by atoms with Crippen molar-refractivity contribution in [3.8, 4) is 0 Å². The Hall–Kier alpha value is -1.13. The maximum absolute atomic E-state index is 13.3. The van der Waals surface area contributed by atoms with Gasteiger partial charge in [0.05, 0.1) is 5.02 Å². The number of halogens is 2. The van der Waals surface area contributed by atoms with Gasteiger partial charge in [0.25, 0.3) is 5.91 Å². The third kappa shape index (κ3) is 2.66. The van der Waals surface area contributed by atoms with Crippen LogP contribution in [0.5, 0.6) is 0 Å². The Morgan fingerprint density at radius 1 is 1.39 bits per heavy atom. The summed E-state index contributed by atoms with van der Waals surface area (Å²) in [6, 6.07) is 4.61. The highest BCUT2D eigenvalue weighted by atomic mass is 35.5. The number of carbonyl (C=O) groups is 1. The molecule has 122 valence electrons. The van der Waals surface area contributed by atoms with Gasteiger partial charge in [-0.2, -0.15) is 0 Å². The van der Waals surface area contributed by atoms with Crippen LogP contribution in [0.15, 0.2) is 18.2 Å². The van der Waals surface area contributed by atoms with Gasteiger partial charge >= 0.3 is 0 Å². The predicted molar refractivity (Wildman–Crippen MR) is 92.7 cm³/mol. The summed E-state index contributed by atoms with van der Waals surface area (Å²) in [6.45, 7) is 2.10. The molecule has 0 spiro atoms. The summed E-state index contributed by atoms with van der Waals surface area (Å²) in [5, 5.41) is 4.31. The van der Waals surface area contributed by atoms with Crippen LogP contribution in [0.2, 0.25) is 5.02 Å². The van der Waals surface area contributed by atoms with Crippen molar-refractivity contribution in [2.24, 2.45) is 17.8 Å². The molecule has 0 radical (unpaired) electrons. The second kappa shape index (κ2) is 5.75. The molecule has 23 heavy (non-hydrogen) atoms. The topological polar surface area (TPSA) is 29.1 Å². The standard InChI is InChI=1S/C18H19ClFNOS/c1-9(14-7-10-2-3-11(14)6-10)21-18(22)17-16(19)13-5-4-12(20)8-15(13)23-17/h4-5,8-11,14H,2-3,6-7H2,1H3,(H,21,22)/t9-,10-,11-,14-/m0/s1. The summed E-state index contributed by atoms with van der Waals surface area (Å²) in [5.41, 5.74) is 0. The Labute approximate surface area is 144 Å². The van der Waals surface area contributed by atoms with E-state index in [0.717, 1.165) is 17.2 Å². The number of hydrogen-bond acceptors (Lipinski definition) is 2. The van der Waals surface area contributed by atoms with Crippen molar-refractivity contribution < 1.29 is 9.18 Å². The molecule has 2 aliphatic rings. The van der Waals surface area contributed by atoms with E-state index < -0.39 is 0 Å². The van der Waals surface area contributed by atoms with Crippen molar-refractivity contribution in [3.63, 3.8) is 0 Å². The SMILES string of the molecule is C[C@H](NC(=O)c1sc2cc(F)ccc2c1Cl)[C@@H]1C[C@H]2CC[C@H]1C2. The molecule has 2 saturated carbocycles. The van der Waals surface area contributed by atoms with Gasteiger partial charge in [0.1, 0.15) is 10.7 Å². The lowest BCUT2D eigenvalue weighted by atomic mass is 9.84. The zero-order valence-corrected chi connectivity index (χ0v) is 14.5. The Kier molecular flexibility index (Phi) is 3.85. The highest BCUT2D eigenvalue weighted by Crippen LogP contribution is 2.49. The predicted octanol–water partition coefficient (Wildman–Crippen LogP) is 5.25. The fraction of sp³-hybridized carbons (Fsp3) is 0.500. The molecule has 1 aromatic carbocycles. The second-order valence-corrected chi connectivity index (χ2v) is 8.42. The maximum atomic E-state index is 13.3. The molecule has 2 nitrogen and oxygen atoms in total. The van der Waals surface area contributed by atoms with E-state index in [4.69, 9.17) is 11.6 Å². The number of fused-ring (bicyclic) bond motifs is 3. The molecular formula is C18H19ClFNOS. The molecule has 1 aromatic heterocycles. The van der Waals surface area contributed by atoms with Gasteiger partial charge in [-0.15, -0.1) is 11.3 Å². The van der Waals surface area contributed by atoms with E-state index in [1.54, 1.807) is 6.07 Å². The number of benzene rings is 1. The number of thiophene rings is 1. The largest absolute Gasteiger partial charge is 0.349 e. The quantitative estimate of drug-likeness (QED) is 0.804. The average Bonchev–Trinajstić information content (AvgIpc) is 3.21. The van der Waals surface area contributed by atoms with Gasteiger partial charge in [-0.1, -0.05) is 18.0 Å². The third-order valence-corrected chi connectivity index (χ3v) is 7.25. The molecular weight excluding hydrogens is 333 g/mol. The molecule has 2 bridgehead atoms. The van der Waals surface area contributed by atoms with Gasteiger partial charge < -0.3 is 5.32 Å². The van der Waals surface area contributed by atoms with Crippen LogP contribution < -0.4 is 5.32 Å². The summed E-state index contributed by atoms with van der Waals surface area (Å²) < 4.78 is 14.1. The molecule has 4 rings (SSSR count). The minimum absolute atomic E-state index is 0.133. The molecule has 1 heterocycles. The van der Waals surface area contributed by atoms with Gasteiger partial charge in [0.15, 0.2) is 0 Å². The normalized spacial score (nSPS) is 27.5. The van der Waals surface area contributed by atoms with Crippen LogP contribution in [0.1, 0.15) is 42.3 Å².